The van der Waals surface area contributed by atoms with Gasteiger partial charge in [-0.3, -0.25) is 0 Å². The number of aromatic nitrogens is 1. The number of pyridine rings is 1. The highest BCUT2D eigenvalue weighted by atomic mass is 16.7. The van der Waals surface area contributed by atoms with Crippen LogP contribution in [0.2, 0.25) is 0 Å². The van der Waals surface area contributed by atoms with Crippen LogP contribution in [0, 0.1) is 0 Å². The van der Waals surface area contributed by atoms with E-state index in [1.54, 1.807) is 0 Å². The van der Waals surface area contributed by atoms with Crippen molar-refractivity contribution < 1.29 is 9.31 Å². The third-order valence-corrected chi connectivity index (χ3v) is 5.52. The quantitative estimate of drug-likeness (QED) is 0.839. The van der Waals surface area contributed by atoms with E-state index in [1.807, 2.05) is 13.2 Å². The standard InChI is InChI=1S/C17H29BN4O2/c1-16(2)17(3,4)24-18(23-16)14-11-13(12-20-15(14)19-5)22-9-7-21(6)8-10-22/h11-12H,7-10H2,1-6H3,(H,19,20). The van der Waals surface area contributed by atoms with Gasteiger partial charge in [-0.25, -0.2) is 4.98 Å². The summed E-state index contributed by atoms with van der Waals surface area (Å²) >= 11 is 0. The molecule has 2 aliphatic rings. The van der Waals surface area contributed by atoms with E-state index in [0.717, 1.165) is 43.1 Å². The molecule has 0 atom stereocenters. The van der Waals surface area contributed by atoms with Crippen LogP contribution < -0.4 is 15.7 Å². The molecule has 0 radical (unpaired) electrons. The van der Waals surface area contributed by atoms with Gasteiger partial charge in [0.2, 0.25) is 0 Å². The zero-order chi connectivity index (χ0) is 17.5. The molecule has 132 valence electrons. The number of nitrogens with zero attached hydrogens (tertiary/aromatic N) is 3. The van der Waals surface area contributed by atoms with Crippen molar-refractivity contribution in [2.24, 2.45) is 0 Å². The molecule has 2 saturated heterocycles. The molecular weight excluding hydrogens is 303 g/mol. The number of piperazine rings is 1. The summed E-state index contributed by atoms with van der Waals surface area (Å²) < 4.78 is 12.4. The van der Waals surface area contributed by atoms with Crippen molar-refractivity contribution in [3.63, 3.8) is 0 Å². The van der Waals surface area contributed by atoms with E-state index in [1.165, 1.54) is 0 Å². The Balaban J connectivity index is 1.88. The van der Waals surface area contributed by atoms with Gasteiger partial charge in [-0.2, -0.15) is 0 Å². The lowest BCUT2D eigenvalue weighted by Crippen LogP contribution is -2.45. The van der Waals surface area contributed by atoms with Gasteiger partial charge >= 0.3 is 7.12 Å². The molecule has 3 heterocycles. The minimum absolute atomic E-state index is 0.355. The molecule has 0 aliphatic carbocycles. The Hall–Kier alpha value is -1.31. The third-order valence-electron chi connectivity index (χ3n) is 5.52. The summed E-state index contributed by atoms with van der Waals surface area (Å²) in [6.07, 6.45) is 1.94. The fourth-order valence-electron chi connectivity index (χ4n) is 3.07. The smallest absolute Gasteiger partial charge is 0.399 e. The number of hydrogen-bond donors (Lipinski definition) is 1. The molecule has 7 heteroatoms. The van der Waals surface area contributed by atoms with Gasteiger partial charge in [-0.05, 0) is 40.8 Å². The topological polar surface area (TPSA) is 49.9 Å². The summed E-state index contributed by atoms with van der Waals surface area (Å²) in [7, 11) is 3.64. The lowest BCUT2D eigenvalue weighted by atomic mass is 9.79. The number of rotatable bonds is 3. The maximum Gasteiger partial charge on any atom is 0.498 e. The third kappa shape index (κ3) is 3.12. The molecule has 1 N–H and O–H groups in total. The van der Waals surface area contributed by atoms with Crippen molar-refractivity contribution in [1.82, 2.24) is 9.88 Å². The van der Waals surface area contributed by atoms with E-state index < -0.39 is 7.12 Å². The predicted octanol–water partition coefficient (Wildman–Crippen LogP) is 1.17. The maximum atomic E-state index is 6.22. The molecular formula is C17H29BN4O2. The predicted molar refractivity (Wildman–Crippen MR) is 99.2 cm³/mol. The molecule has 24 heavy (non-hydrogen) atoms. The van der Waals surface area contributed by atoms with Crippen molar-refractivity contribution in [2.75, 3.05) is 50.5 Å². The van der Waals surface area contributed by atoms with Crippen LogP contribution in [0.5, 0.6) is 0 Å². The molecule has 2 aliphatic heterocycles. The first-order chi connectivity index (χ1) is 11.2. The van der Waals surface area contributed by atoms with Crippen molar-refractivity contribution in [3.8, 4) is 0 Å². The second-order valence-electron chi connectivity index (χ2n) is 7.76. The fourth-order valence-corrected chi connectivity index (χ4v) is 3.07. The summed E-state index contributed by atoms with van der Waals surface area (Å²) in [5, 5.41) is 3.17. The van der Waals surface area contributed by atoms with Gasteiger partial charge in [-0.15, -0.1) is 0 Å². The molecule has 2 fully saturated rings. The molecule has 6 nitrogen and oxygen atoms in total. The molecule has 0 amide bonds. The van der Waals surface area contributed by atoms with Gasteiger partial charge in [0.15, 0.2) is 0 Å². The summed E-state index contributed by atoms with van der Waals surface area (Å²) in [4.78, 5) is 9.33. The molecule has 0 saturated carbocycles. The van der Waals surface area contributed by atoms with Crippen LogP contribution in [0.3, 0.4) is 0 Å². The summed E-state index contributed by atoms with van der Waals surface area (Å²) in [5.74, 6) is 0.811. The first-order valence-corrected chi connectivity index (χ1v) is 8.70. The molecule has 3 rings (SSSR count). The fraction of sp³-hybridized carbons (Fsp3) is 0.706. The SMILES string of the molecule is CNc1ncc(N2CCN(C)CC2)cc1B1OC(C)(C)C(C)(C)O1. The summed E-state index contributed by atoms with van der Waals surface area (Å²) in [5.41, 5.74) is 1.39. The Morgan fingerprint density at radius 2 is 1.67 bits per heavy atom. The lowest BCUT2D eigenvalue weighted by molar-refractivity contribution is 0.00578. The van der Waals surface area contributed by atoms with E-state index >= 15 is 0 Å². The van der Waals surface area contributed by atoms with E-state index in [2.05, 4.69) is 60.9 Å². The van der Waals surface area contributed by atoms with Crippen LogP contribution in [0.1, 0.15) is 27.7 Å². The lowest BCUT2D eigenvalue weighted by Gasteiger charge is -2.34. The normalized spacial score (nSPS) is 23.6. The monoisotopic (exact) mass is 332 g/mol. The number of hydrogen-bond acceptors (Lipinski definition) is 6. The summed E-state index contributed by atoms with van der Waals surface area (Å²) in [6, 6.07) is 2.16. The van der Waals surface area contributed by atoms with Crippen LogP contribution >= 0.6 is 0 Å². The Labute approximate surface area is 145 Å². The van der Waals surface area contributed by atoms with Gasteiger partial charge in [0.1, 0.15) is 5.82 Å². The Morgan fingerprint density at radius 1 is 1.08 bits per heavy atom. The van der Waals surface area contributed by atoms with Gasteiger partial charge in [0.05, 0.1) is 23.1 Å². The first-order valence-electron chi connectivity index (χ1n) is 8.70. The minimum atomic E-state index is -0.405. The number of nitrogens with one attached hydrogen (secondary N) is 1. The largest absolute Gasteiger partial charge is 0.498 e. The molecule has 0 unspecified atom stereocenters. The Kier molecular flexibility index (Phi) is 4.53. The Morgan fingerprint density at radius 3 is 2.21 bits per heavy atom. The second kappa shape index (κ2) is 6.21. The zero-order valence-corrected chi connectivity index (χ0v) is 15.7. The van der Waals surface area contributed by atoms with Crippen LogP contribution in [-0.4, -0.2) is 68.5 Å². The zero-order valence-electron chi connectivity index (χ0n) is 15.7. The van der Waals surface area contributed by atoms with Crippen molar-refractivity contribution in [1.29, 1.82) is 0 Å². The molecule has 0 spiro atoms. The highest BCUT2D eigenvalue weighted by molar-refractivity contribution is 6.63. The Bertz CT molecular complexity index is 584. The van der Waals surface area contributed by atoms with Crippen LogP contribution in [0.15, 0.2) is 12.3 Å². The molecule has 1 aromatic rings. The highest BCUT2D eigenvalue weighted by Crippen LogP contribution is 2.37. The average molecular weight is 332 g/mol. The van der Waals surface area contributed by atoms with Gasteiger partial charge in [0, 0.05) is 38.7 Å². The van der Waals surface area contributed by atoms with E-state index in [4.69, 9.17) is 9.31 Å². The average Bonchev–Trinajstić information content (AvgIpc) is 2.75. The van der Waals surface area contributed by atoms with Crippen molar-refractivity contribution in [3.05, 3.63) is 12.3 Å². The van der Waals surface area contributed by atoms with Crippen molar-refractivity contribution in [2.45, 2.75) is 38.9 Å². The summed E-state index contributed by atoms with van der Waals surface area (Å²) in [6.45, 7) is 12.5. The van der Waals surface area contributed by atoms with Crippen LogP contribution in [0.25, 0.3) is 0 Å². The van der Waals surface area contributed by atoms with Gasteiger partial charge in [0.25, 0.3) is 0 Å². The minimum Gasteiger partial charge on any atom is -0.399 e. The van der Waals surface area contributed by atoms with Crippen LogP contribution in [0.4, 0.5) is 11.5 Å². The maximum absolute atomic E-state index is 6.22. The van der Waals surface area contributed by atoms with Crippen molar-refractivity contribution >= 4 is 24.1 Å². The molecule has 0 aromatic carbocycles. The van der Waals surface area contributed by atoms with Gasteiger partial charge in [-0.1, -0.05) is 0 Å². The number of anilines is 2. The van der Waals surface area contributed by atoms with Gasteiger partial charge < -0.3 is 24.4 Å². The highest BCUT2D eigenvalue weighted by Gasteiger charge is 2.52. The molecule has 0 bridgehead atoms. The second-order valence-corrected chi connectivity index (χ2v) is 7.76. The number of likely N-dealkylation sites (N-methyl/N-ethyl adjacent to an activating group) is 1. The van der Waals surface area contributed by atoms with E-state index in [0.29, 0.717) is 0 Å². The van der Waals surface area contributed by atoms with E-state index in [-0.39, 0.29) is 11.2 Å². The first kappa shape index (κ1) is 17.5. The molecule has 1 aromatic heterocycles. The van der Waals surface area contributed by atoms with E-state index in [9.17, 15) is 0 Å². The van der Waals surface area contributed by atoms with Crippen LogP contribution in [-0.2, 0) is 9.31 Å².